The van der Waals surface area contributed by atoms with Crippen molar-refractivity contribution in [2.24, 2.45) is 0 Å². The Balaban J connectivity index is 1.46. The molecule has 4 rings (SSSR count). The van der Waals surface area contributed by atoms with Gasteiger partial charge in [-0.25, -0.2) is 4.79 Å². The number of amides is 1. The van der Waals surface area contributed by atoms with Crippen LogP contribution in [0.25, 0.3) is 0 Å². The topological polar surface area (TPSA) is 64.6 Å². The average molecular weight is 401 g/mol. The van der Waals surface area contributed by atoms with Crippen molar-refractivity contribution in [1.29, 1.82) is 0 Å². The van der Waals surface area contributed by atoms with Crippen molar-refractivity contribution in [3.63, 3.8) is 0 Å². The SMILES string of the molecule is O=C(O[C@@H](C(=O)NC1CC1)c1ccccc1)c1cccc(OCc2ccccc2)c1. The van der Waals surface area contributed by atoms with Gasteiger partial charge in [-0.1, -0.05) is 66.7 Å². The van der Waals surface area contributed by atoms with E-state index in [-0.39, 0.29) is 11.9 Å². The van der Waals surface area contributed by atoms with Crippen molar-refractivity contribution in [1.82, 2.24) is 5.32 Å². The Morgan fingerprint density at radius 3 is 2.30 bits per heavy atom. The van der Waals surface area contributed by atoms with Crippen molar-refractivity contribution in [3.05, 3.63) is 102 Å². The third-order valence-electron chi connectivity index (χ3n) is 4.81. The van der Waals surface area contributed by atoms with E-state index in [2.05, 4.69) is 5.32 Å². The minimum atomic E-state index is -0.992. The third-order valence-corrected chi connectivity index (χ3v) is 4.81. The van der Waals surface area contributed by atoms with Crippen molar-refractivity contribution >= 4 is 11.9 Å². The Labute approximate surface area is 175 Å². The van der Waals surface area contributed by atoms with E-state index in [0.717, 1.165) is 18.4 Å². The summed E-state index contributed by atoms with van der Waals surface area (Å²) in [6, 6.07) is 25.8. The number of hydrogen-bond acceptors (Lipinski definition) is 4. The lowest BCUT2D eigenvalue weighted by Crippen LogP contribution is -2.33. The molecule has 0 unspecified atom stereocenters. The highest BCUT2D eigenvalue weighted by atomic mass is 16.5. The lowest BCUT2D eigenvalue weighted by molar-refractivity contribution is -0.130. The van der Waals surface area contributed by atoms with Crippen LogP contribution in [0.1, 0.15) is 40.4 Å². The second-order valence-corrected chi connectivity index (χ2v) is 7.28. The summed E-state index contributed by atoms with van der Waals surface area (Å²) >= 11 is 0. The van der Waals surface area contributed by atoms with Gasteiger partial charge in [0.1, 0.15) is 12.4 Å². The van der Waals surface area contributed by atoms with Crippen LogP contribution in [0.5, 0.6) is 5.75 Å². The first-order chi connectivity index (χ1) is 14.7. The highest BCUT2D eigenvalue weighted by Gasteiger charge is 2.31. The molecule has 1 aliphatic carbocycles. The van der Waals surface area contributed by atoms with Gasteiger partial charge in [-0.05, 0) is 36.6 Å². The average Bonchev–Trinajstić information content (AvgIpc) is 3.61. The maximum atomic E-state index is 12.8. The van der Waals surface area contributed by atoms with Gasteiger partial charge in [0.05, 0.1) is 5.56 Å². The zero-order valence-electron chi connectivity index (χ0n) is 16.5. The normalized spacial score (nSPS) is 13.9. The zero-order valence-corrected chi connectivity index (χ0v) is 16.5. The minimum Gasteiger partial charge on any atom is -0.489 e. The van der Waals surface area contributed by atoms with E-state index in [1.165, 1.54) is 0 Å². The quantitative estimate of drug-likeness (QED) is 0.567. The molecule has 152 valence electrons. The van der Waals surface area contributed by atoms with Crippen LogP contribution >= 0.6 is 0 Å². The van der Waals surface area contributed by atoms with Gasteiger partial charge in [0.25, 0.3) is 5.91 Å². The van der Waals surface area contributed by atoms with Gasteiger partial charge >= 0.3 is 5.97 Å². The molecule has 1 aliphatic rings. The van der Waals surface area contributed by atoms with E-state index in [1.807, 2.05) is 48.5 Å². The fourth-order valence-corrected chi connectivity index (χ4v) is 3.03. The zero-order chi connectivity index (χ0) is 20.8. The number of esters is 1. The van der Waals surface area contributed by atoms with Crippen molar-refractivity contribution in [3.8, 4) is 5.75 Å². The first-order valence-corrected chi connectivity index (χ1v) is 10.0. The predicted octanol–water partition coefficient (Wildman–Crippen LogP) is 4.44. The van der Waals surface area contributed by atoms with E-state index in [0.29, 0.717) is 23.5 Å². The first-order valence-electron chi connectivity index (χ1n) is 10.0. The lowest BCUT2D eigenvalue weighted by atomic mass is 10.1. The van der Waals surface area contributed by atoms with Crippen LogP contribution in [-0.2, 0) is 16.1 Å². The van der Waals surface area contributed by atoms with Gasteiger partial charge in [-0.2, -0.15) is 0 Å². The van der Waals surface area contributed by atoms with Crippen LogP contribution in [0.4, 0.5) is 0 Å². The second kappa shape index (κ2) is 9.27. The first kappa shape index (κ1) is 19.7. The Bertz CT molecular complexity index is 1000. The standard InChI is InChI=1S/C25H23NO4/c27-24(26-21-14-15-21)23(19-10-5-2-6-11-19)30-25(28)20-12-7-13-22(16-20)29-17-18-8-3-1-4-9-18/h1-13,16,21,23H,14-15,17H2,(H,26,27)/t23-/m1/s1. The van der Waals surface area contributed by atoms with Gasteiger partial charge < -0.3 is 14.8 Å². The van der Waals surface area contributed by atoms with Crippen LogP contribution in [0.2, 0.25) is 0 Å². The number of carbonyl (C=O) groups excluding carboxylic acids is 2. The van der Waals surface area contributed by atoms with Gasteiger partial charge in [0.2, 0.25) is 6.10 Å². The fraction of sp³-hybridized carbons (Fsp3) is 0.200. The maximum Gasteiger partial charge on any atom is 0.339 e. The summed E-state index contributed by atoms with van der Waals surface area (Å²) in [6.45, 7) is 0.399. The molecule has 0 heterocycles. The van der Waals surface area contributed by atoms with E-state index < -0.39 is 12.1 Å². The summed E-state index contributed by atoms with van der Waals surface area (Å²) < 4.78 is 11.4. The maximum absolute atomic E-state index is 12.8. The van der Waals surface area contributed by atoms with E-state index in [4.69, 9.17) is 9.47 Å². The highest BCUT2D eigenvalue weighted by Crippen LogP contribution is 2.25. The summed E-state index contributed by atoms with van der Waals surface area (Å²) in [6.07, 6.45) is 0.928. The monoisotopic (exact) mass is 401 g/mol. The van der Waals surface area contributed by atoms with Gasteiger partial charge in [0.15, 0.2) is 0 Å². The number of carbonyl (C=O) groups is 2. The summed E-state index contributed by atoms with van der Waals surface area (Å²) in [4.78, 5) is 25.5. The molecule has 0 saturated heterocycles. The van der Waals surface area contributed by atoms with Gasteiger partial charge in [0, 0.05) is 11.6 Å². The molecule has 5 heteroatoms. The second-order valence-electron chi connectivity index (χ2n) is 7.28. The molecule has 5 nitrogen and oxygen atoms in total. The van der Waals surface area contributed by atoms with E-state index in [9.17, 15) is 9.59 Å². The number of nitrogens with one attached hydrogen (secondary N) is 1. The van der Waals surface area contributed by atoms with Crippen molar-refractivity contribution < 1.29 is 19.1 Å². The summed E-state index contributed by atoms with van der Waals surface area (Å²) in [5, 5.41) is 2.92. The Morgan fingerprint density at radius 1 is 0.900 bits per heavy atom. The lowest BCUT2D eigenvalue weighted by Gasteiger charge is -2.18. The largest absolute Gasteiger partial charge is 0.489 e. The van der Waals surface area contributed by atoms with Crippen molar-refractivity contribution in [2.45, 2.75) is 31.6 Å². The summed E-state index contributed by atoms with van der Waals surface area (Å²) in [5.41, 5.74) is 2.01. The highest BCUT2D eigenvalue weighted by molar-refractivity contribution is 5.93. The third kappa shape index (κ3) is 5.26. The summed E-state index contributed by atoms with van der Waals surface area (Å²) in [5.74, 6) is -0.305. The van der Waals surface area contributed by atoms with Crippen LogP contribution in [0.3, 0.4) is 0 Å². The number of ether oxygens (including phenoxy) is 2. The fourth-order valence-electron chi connectivity index (χ4n) is 3.03. The van der Waals surface area contributed by atoms with Crippen LogP contribution in [0, 0.1) is 0 Å². The molecule has 0 radical (unpaired) electrons. The van der Waals surface area contributed by atoms with Gasteiger partial charge in [-0.3, -0.25) is 4.79 Å². The number of benzene rings is 3. The van der Waals surface area contributed by atoms with E-state index in [1.54, 1.807) is 36.4 Å². The Morgan fingerprint density at radius 2 is 1.60 bits per heavy atom. The van der Waals surface area contributed by atoms with Gasteiger partial charge in [-0.15, -0.1) is 0 Å². The molecule has 1 N–H and O–H groups in total. The number of hydrogen-bond donors (Lipinski definition) is 1. The molecule has 30 heavy (non-hydrogen) atoms. The van der Waals surface area contributed by atoms with Crippen LogP contribution in [0.15, 0.2) is 84.9 Å². The van der Waals surface area contributed by atoms with E-state index >= 15 is 0 Å². The molecule has 0 spiro atoms. The molecule has 3 aromatic carbocycles. The smallest absolute Gasteiger partial charge is 0.339 e. The molecule has 0 aliphatic heterocycles. The minimum absolute atomic E-state index is 0.178. The Hall–Kier alpha value is -3.60. The summed E-state index contributed by atoms with van der Waals surface area (Å²) in [7, 11) is 0. The van der Waals surface area contributed by atoms with Crippen molar-refractivity contribution in [2.75, 3.05) is 0 Å². The molecule has 0 aromatic heterocycles. The molecule has 3 aromatic rings. The predicted molar refractivity (Wildman–Crippen MR) is 113 cm³/mol. The molecular formula is C25H23NO4. The molecule has 1 fully saturated rings. The van der Waals surface area contributed by atoms with Crippen LogP contribution in [-0.4, -0.2) is 17.9 Å². The molecule has 0 bridgehead atoms. The molecule has 1 amide bonds. The van der Waals surface area contributed by atoms with Crippen LogP contribution < -0.4 is 10.1 Å². The number of rotatable bonds is 8. The molecule has 1 saturated carbocycles. The Kier molecular flexibility index (Phi) is 6.09. The molecular weight excluding hydrogens is 378 g/mol. The molecule has 1 atom stereocenters.